The van der Waals surface area contributed by atoms with Crippen LogP contribution in [0.2, 0.25) is 0 Å². The number of aliphatic imine (C=N–C) groups is 1. The van der Waals surface area contributed by atoms with Crippen molar-refractivity contribution in [2.75, 3.05) is 0 Å². The number of pyridine rings is 2. The van der Waals surface area contributed by atoms with Gasteiger partial charge in [0, 0.05) is 23.5 Å². The molecule has 2 aromatic heterocycles. The highest BCUT2D eigenvalue weighted by molar-refractivity contribution is 6.21. The first-order chi connectivity index (χ1) is 12.2. The molecule has 7 nitrogen and oxygen atoms in total. The van der Waals surface area contributed by atoms with Crippen LogP contribution < -0.4 is 15.2 Å². The molecule has 3 aromatic rings. The SMILES string of the molecule is N=C1N=C(N)c2cc(Oc3cccnc3)c(Oc3cccnc3)cc21. The zero-order valence-electron chi connectivity index (χ0n) is 13.0. The van der Waals surface area contributed by atoms with Crippen molar-refractivity contribution in [3.63, 3.8) is 0 Å². The predicted octanol–water partition coefficient (Wildman–Crippen LogP) is 3.11. The van der Waals surface area contributed by atoms with E-state index in [-0.39, 0.29) is 11.7 Å². The second-order valence-electron chi connectivity index (χ2n) is 5.27. The Morgan fingerprint density at radius 1 is 0.840 bits per heavy atom. The maximum absolute atomic E-state index is 7.94. The first kappa shape index (κ1) is 14.8. The number of nitrogens with one attached hydrogen (secondary N) is 1. The van der Waals surface area contributed by atoms with Crippen LogP contribution in [0.5, 0.6) is 23.0 Å². The molecule has 3 N–H and O–H groups in total. The van der Waals surface area contributed by atoms with Gasteiger partial charge in [0.15, 0.2) is 17.3 Å². The van der Waals surface area contributed by atoms with Gasteiger partial charge in [0.2, 0.25) is 0 Å². The van der Waals surface area contributed by atoms with Crippen molar-refractivity contribution in [2.24, 2.45) is 10.7 Å². The van der Waals surface area contributed by atoms with Gasteiger partial charge < -0.3 is 15.2 Å². The van der Waals surface area contributed by atoms with E-state index in [0.29, 0.717) is 34.1 Å². The molecule has 4 rings (SSSR count). The number of ether oxygens (including phenoxy) is 2. The third kappa shape index (κ3) is 2.90. The summed E-state index contributed by atoms with van der Waals surface area (Å²) in [6.45, 7) is 0. The van der Waals surface area contributed by atoms with Crippen LogP contribution in [0, 0.1) is 5.41 Å². The first-order valence-electron chi connectivity index (χ1n) is 7.48. The van der Waals surface area contributed by atoms with E-state index in [4.69, 9.17) is 20.6 Å². The Kier molecular flexibility index (Phi) is 3.59. The van der Waals surface area contributed by atoms with Gasteiger partial charge in [-0.05, 0) is 36.4 Å². The van der Waals surface area contributed by atoms with Crippen LogP contribution in [0.4, 0.5) is 0 Å². The molecular formula is C18H13N5O2. The molecule has 0 saturated heterocycles. The van der Waals surface area contributed by atoms with Crippen molar-refractivity contribution >= 4 is 11.7 Å². The predicted molar refractivity (Wildman–Crippen MR) is 92.6 cm³/mol. The van der Waals surface area contributed by atoms with E-state index in [1.165, 1.54) is 0 Å². The van der Waals surface area contributed by atoms with Gasteiger partial charge in [-0.25, -0.2) is 4.99 Å². The lowest BCUT2D eigenvalue weighted by molar-refractivity contribution is 0.417. The summed E-state index contributed by atoms with van der Waals surface area (Å²) in [6.07, 6.45) is 6.51. The molecular weight excluding hydrogens is 318 g/mol. The molecule has 0 bridgehead atoms. The number of fused-ring (bicyclic) bond motifs is 1. The average Bonchev–Trinajstić information content (AvgIpc) is 2.90. The summed E-state index contributed by atoms with van der Waals surface area (Å²) in [6, 6.07) is 10.5. The number of hydrogen-bond acceptors (Lipinski definition) is 6. The average molecular weight is 331 g/mol. The lowest BCUT2D eigenvalue weighted by Crippen LogP contribution is -2.10. The monoisotopic (exact) mass is 331 g/mol. The highest BCUT2D eigenvalue weighted by Gasteiger charge is 2.23. The molecule has 1 aromatic carbocycles. The van der Waals surface area contributed by atoms with Gasteiger partial charge in [0.1, 0.15) is 17.3 Å². The minimum atomic E-state index is 0.0939. The molecule has 0 unspecified atom stereocenters. The quantitative estimate of drug-likeness (QED) is 0.764. The topological polar surface area (TPSA) is 106 Å². The van der Waals surface area contributed by atoms with E-state index >= 15 is 0 Å². The molecule has 1 aliphatic rings. The van der Waals surface area contributed by atoms with Crippen LogP contribution in [0.25, 0.3) is 0 Å². The molecule has 0 amide bonds. The summed E-state index contributed by atoms with van der Waals surface area (Å²) in [5.41, 5.74) is 7.13. The third-order valence-electron chi connectivity index (χ3n) is 3.57. The Morgan fingerprint density at radius 2 is 1.40 bits per heavy atom. The molecule has 0 radical (unpaired) electrons. The van der Waals surface area contributed by atoms with Crippen molar-refractivity contribution in [2.45, 2.75) is 0 Å². The lowest BCUT2D eigenvalue weighted by Gasteiger charge is -2.14. The summed E-state index contributed by atoms with van der Waals surface area (Å²) in [4.78, 5) is 12.1. The zero-order chi connectivity index (χ0) is 17.2. The summed E-state index contributed by atoms with van der Waals surface area (Å²) in [5, 5.41) is 7.94. The van der Waals surface area contributed by atoms with Gasteiger partial charge in [-0.1, -0.05) is 0 Å². The van der Waals surface area contributed by atoms with Crippen molar-refractivity contribution < 1.29 is 9.47 Å². The Balaban J connectivity index is 1.78. The van der Waals surface area contributed by atoms with Crippen LogP contribution in [-0.2, 0) is 0 Å². The number of amidine groups is 2. The van der Waals surface area contributed by atoms with Crippen molar-refractivity contribution in [3.8, 4) is 23.0 Å². The van der Waals surface area contributed by atoms with E-state index in [1.807, 2.05) is 0 Å². The van der Waals surface area contributed by atoms with Crippen LogP contribution in [0.3, 0.4) is 0 Å². The first-order valence-corrected chi connectivity index (χ1v) is 7.48. The smallest absolute Gasteiger partial charge is 0.170 e. The van der Waals surface area contributed by atoms with Gasteiger partial charge in [-0.15, -0.1) is 0 Å². The molecule has 0 saturated carbocycles. The van der Waals surface area contributed by atoms with Crippen molar-refractivity contribution in [3.05, 3.63) is 72.3 Å². The number of rotatable bonds is 4. The molecule has 3 heterocycles. The normalized spacial score (nSPS) is 12.5. The van der Waals surface area contributed by atoms with E-state index in [1.54, 1.807) is 61.2 Å². The number of benzene rings is 1. The van der Waals surface area contributed by atoms with Crippen molar-refractivity contribution in [1.29, 1.82) is 5.41 Å². The Bertz CT molecular complexity index is 972. The summed E-state index contributed by atoms with van der Waals surface area (Å²) in [5.74, 6) is 2.37. The fraction of sp³-hybridized carbons (Fsp3) is 0. The molecule has 122 valence electrons. The van der Waals surface area contributed by atoms with E-state index < -0.39 is 0 Å². The van der Waals surface area contributed by atoms with Gasteiger partial charge >= 0.3 is 0 Å². The molecule has 0 spiro atoms. The molecule has 7 heteroatoms. The van der Waals surface area contributed by atoms with Gasteiger partial charge in [0.05, 0.1) is 12.4 Å². The summed E-state index contributed by atoms with van der Waals surface area (Å²) >= 11 is 0. The number of aromatic nitrogens is 2. The number of nitrogens with two attached hydrogens (primary N) is 1. The summed E-state index contributed by atoms with van der Waals surface area (Å²) in [7, 11) is 0. The molecule has 0 aliphatic carbocycles. The third-order valence-corrected chi connectivity index (χ3v) is 3.57. The van der Waals surface area contributed by atoms with Gasteiger partial charge in [-0.3, -0.25) is 15.4 Å². The zero-order valence-corrected chi connectivity index (χ0v) is 13.0. The molecule has 1 aliphatic heterocycles. The van der Waals surface area contributed by atoms with Gasteiger partial charge in [-0.2, -0.15) is 0 Å². The fourth-order valence-corrected chi connectivity index (χ4v) is 2.44. The highest BCUT2D eigenvalue weighted by atomic mass is 16.5. The standard InChI is InChI=1S/C18H13N5O2/c19-17-13-7-15(24-11-3-1-5-21-9-11)16(8-14(13)18(20)23-17)25-12-4-2-6-22-10-12/h1-10H,(H3,19,20,23). The Hall–Kier alpha value is -3.74. The second kappa shape index (κ2) is 6.04. The van der Waals surface area contributed by atoms with Crippen LogP contribution >= 0.6 is 0 Å². The Labute approximate surface area is 143 Å². The largest absolute Gasteiger partial charge is 0.452 e. The van der Waals surface area contributed by atoms with Crippen molar-refractivity contribution in [1.82, 2.24) is 9.97 Å². The summed E-state index contributed by atoms with van der Waals surface area (Å²) < 4.78 is 11.8. The number of nitrogens with zero attached hydrogens (tertiary/aromatic N) is 3. The second-order valence-corrected chi connectivity index (χ2v) is 5.27. The van der Waals surface area contributed by atoms with Crippen LogP contribution in [0.1, 0.15) is 11.1 Å². The van der Waals surface area contributed by atoms with Crippen LogP contribution in [0.15, 0.2) is 66.2 Å². The van der Waals surface area contributed by atoms with E-state index in [0.717, 1.165) is 0 Å². The minimum Gasteiger partial charge on any atom is -0.452 e. The lowest BCUT2D eigenvalue weighted by atomic mass is 10.1. The maximum atomic E-state index is 7.94. The molecule has 0 atom stereocenters. The van der Waals surface area contributed by atoms with E-state index in [9.17, 15) is 0 Å². The maximum Gasteiger partial charge on any atom is 0.170 e. The van der Waals surface area contributed by atoms with Gasteiger partial charge in [0.25, 0.3) is 0 Å². The van der Waals surface area contributed by atoms with Crippen LogP contribution in [-0.4, -0.2) is 21.6 Å². The number of hydrogen-bond donors (Lipinski definition) is 2. The highest BCUT2D eigenvalue weighted by Crippen LogP contribution is 2.38. The minimum absolute atomic E-state index is 0.0939. The van der Waals surface area contributed by atoms with E-state index in [2.05, 4.69) is 15.0 Å². The molecule has 25 heavy (non-hydrogen) atoms. The fourth-order valence-electron chi connectivity index (χ4n) is 2.44. The Morgan fingerprint density at radius 3 is 1.92 bits per heavy atom. The molecule has 0 fully saturated rings.